The van der Waals surface area contributed by atoms with Gasteiger partial charge in [0, 0.05) is 18.2 Å². The van der Waals surface area contributed by atoms with Crippen molar-refractivity contribution in [1.82, 2.24) is 5.32 Å². The Morgan fingerprint density at radius 1 is 1.40 bits per heavy atom. The number of carbonyl (C=O) groups excluding carboxylic acids is 1. The van der Waals surface area contributed by atoms with E-state index in [2.05, 4.69) is 24.1 Å². The Balaban J connectivity index is 2.66. The van der Waals surface area contributed by atoms with Crippen LogP contribution < -0.4 is 11.1 Å². The first kappa shape index (κ1) is 16.2. The first-order valence-corrected chi connectivity index (χ1v) is 6.80. The number of nitrogens with two attached hydrogens (primary N) is 1. The fraction of sp³-hybridized carbons (Fsp3) is 0.438. The lowest BCUT2D eigenvalue weighted by molar-refractivity contribution is 0.0891. The van der Waals surface area contributed by atoms with Gasteiger partial charge in [-0.15, -0.1) is 0 Å². The number of carbonyl (C=O) groups is 1. The summed E-state index contributed by atoms with van der Waals surface area (Å²) in [5.41, 5.74) is 6.80. The molecular weight excluding hydrogens is 252 g/mol. The maximum atomic E-state index is 12.1. The molecule has 1 unspecified atom stereocenters. The quantitative estimate of drug-likeness (QED) is 0.773. The maximum absolute atomic E-state index is 12.1. The number of hydrogen-bond donors (Lipinski definition) is 2. The molecule has 0 spiro atoms. The minimum Gasteiger partial charge on any atom is -0.383 e. The molecule has 1 rings (SSSR count). The van der Waals surface area contributed by atoms with Gasteiger partial charge in [0.2, 0.25) is 0 Å². The second kappa shape index (κ2) is 9.13. The van der Waals surface area contributed by atoms with Crippen LogP contribution in [0.5, 0.6) is 0 Å². The van der Waals surface area contributed by atoms with Crippen LogP contribution in [0.1, 0.15) is 35.7 Å². The van der Waals surface area contributed by atoms with Gasteiger partial charge in [0.15, 0.2) is 0 Å². The van der Waals surface area contributed by atoms with E-state index in [0.29, 0.717) is 18.7 Å². The van der Waals surface area contributed by atoms with Crippen LogP contribution in [-0.4, -0.2) is 32.2 Å². The summed E-state index contributed by atoms with van der Waals surface area (Å²) in [7, 11) is 1.64. The molecule has 1 aromatic carbocycles. The number of nitrogens with one attached hydrogen (secondary N) is 1. The van der Waals surface area contributed by atoms with Gasteiger partial charge in [-0.3, -0.25) is 4.79 Å². The van der Waals surface area contributed by atoms with Crippen molar-refractivity contribution in [3.05, 3.63) is 35.4 Å². The molecule has 3 N–H and O–H groups in total. The van der Waals surface area contributed by atoms with Gasteiger partial charge in [-0.25, -0.2) is 0 Å². The number of methoxy groups -OCH3 is 1. The van der Waals surface area contributed by atoms with E-state index in [1.807, 2.05) is 12.1 Å². The molecule has 0 saturated heterocycles. The number of benzene rings is 1. The molecule has 0 fully saturated rings. The van der Waals surface area contributed by atoms with Crippen molar-refractivity contribution in [3.8, 4) is 11.8 Å². The average molecular weight is 274 g/mol. The molecule has 0 heterocycles. The largest absolute Gasteiger partial charge is 0.383 e. The Labute approximate surface area is 120 Å². The molecule has 0 aromatic heterocycles. The van der Waals surface area contributed by atoms with Crippen molar-refractivity contribution in [2.75, 3.05) is 20.3 Å². The van der Waals surface area contributed by atoms with Crippen LogP contribution >= 0.6 is 0 Å². The molecule has 1 aromatic rings. The zero-order valence-corrected chi connectivity index (χ0v) is 12.1. The summed E-state index contributed by atoms with van der Waals surface area (Å²) in [6.45, 7) is 2.94. The lowest BCUT2D eigenvalue weighted by atomic mass is 10.1. The molecule has 1 amide bonds. The summed E-state index contributed by atoms with van der Waals surface area (Å²) in [4.78, 5) is 12.1. The van der Waals surface area contributed by atoms with E-state index in [1.54, 1.807) is 19.2 Å². The van der Waals surface area contributed by atoms with E-state index < -0.39 is 0 Å². The smallest absolute Gasteiger partial charge is 0.251 e. The van der Waals surface area contributed by atoms with Crippen LogP contribution in [0.2, 0.25) is 0 Å². The molecule has 0 bridgehead atoms. The second-order valence-electron chi connectivity index (χ2n) is 4.50. The normalized spacial score (nSPS) is 11.3. The van der Waals surface area contributed by atoms with Crippen LogP contribution in [0.15, 0.2) is 24.3 Å². The number of rotatable bonds is 6. The zero-order valence-electron chi connectivity index (χ0n) is 12.1. The summed E-state index contributed by atoms with van der Waals surface area (Å²) in [5, 5.41) is 2.98. The number of hydrogen-bond acceptors (Lipinski definition) is 3. The van der Waals surface area contributed by atoms with Crippen LogP contribution in [-0.2, 0) is 4.74 Å². The highest BCUT2D eigenvalue weighted by Gasteiger charge is 2.12. The van der Waals surface area contributed by atoms with Crippen LogP contribution in [0.25, 0.3) is 0 Å². The molecule has 0 radical (unpaired) electrons. The van der Waals surface area contributed by atoms with Crippen molar-refractivity contribution in [3.63, 3.8) is 0 Å². The van der Waals surface area contributed by atoms with Gasteiger partial charge >= 0.3 is 0 Å². The molecule has 0 aliphatic heterocycles. The van der Waals surface area contributed by atoms with Gasteiger partial charge in [0.05, 0.1) is 19.2 Å². The number of ether oxygens (including phenoxy) is 1. The lowest BCUT2D eigenvalue weighted by Gasteiger charge is -2.17. The van der Waals surface area contributed by atoms with Crippen LogP contribution in [0.4, 0.5) is 0 Å². The lowest BCUT2D eigenvalue weighted by Crippen LogP contribution is -2.37. The minimum absolute atomic E-state index is 0.0502. The van der Waals surface area contributed by atoms with Gasteiger partial charge in [-0.2, -0.15) is 0 Å². The van der Waals surface area contributed by atoms with E-state index in [1.165, 1.54) is 0 Å². The molecular formula is C16H22N2O2. The monoisotopic (exact) mass is 274 g/mol. The van der Waals surface area contributed by atoms with Gasteiger partial charge in [0.25, 0.3) is 5.91 Å². The van der Waals surface area contributed by atoms with E-state index in [4.69, 9.17) is 10.5 Å². The third kappa shape index (κ3) is 5.43. The van der Waals surface area contributed by atoms with Gasteiger partial charge < -0.3 is 15.8 Å². The summed E-state index contributed by atoms with van der Waals surface area (Å²) >= 11 is 0. The van der Waals surface area contributed by atoms with E-state index in [0.717, 1.165) is 18.4 Å². The van der Waals surface area contributed by atoms with Crippen molar-refractivity contribution < 1.29 is 9.53 Å². The molecule has 0 saturated carbocycles. The first-order chi connectivity index (χ1) is 9.71. The molecule has 1 atom stereocenters. The van der Waals surface area contributed by atoms with Crippen LogP contribution in [0.3, 0.4) is 0 Å². The fourth-order valence-electron chi connectivity index (χ4n) is 1.87. The summed E-state index contributed by atoms with van der Waals surface area (Å²) in [6, 6.07) is 7.23. The Hall–Kier alpha value is -1.83. The third-order valence-electron chi connectivity index (χ3n) is 2.82. The third-order valence-corrected chi connectivity index (χ3v) is 2.82. The van der Waals surface area contributed by atoms with Crippen molar-refractivity contribution >= 4 is 5.91 Å². The predicted molar refractivity (Wildman–Crippen MR) is 80.4 cm³/mol. The summed E-state index contributed by atoms with van der Waals surface area (Å²) in [5.74, 6) is 5.62. The molecule has 0 aliphatic carbocycles. The van der Waals surface area contributed by atoms with Gasteiger partial charge in [-0.05, 0) is 30.7 Å². The fourth-order valence-corrected chi connectivity index (χ4v) is 1.87. The Kier molecular flexibility index (Phi) is 7.41. The molecule has 20 heavy (non-hydrogen) atoms. The molecule has 0 aliphatic rings. The van der Waals surface area contributed by atoms with E-state index >= 15 is 0 Å². The molecule has 108 valence electrons. The second-order valence-corrected chi connectivity index (χ2v) is 4.50. The Morgan fingerprint density at radius 2 is 2.10 bits per heavy atom. The standard InChI is InChI=1S/C16H22N2O2/c1-3-5-15(12-20-2)18-16(19)14-9-7-13(8-10-14)6-4-11-17/h7-10,15H,3,5,11-12,17H2,1-2H3,(H,18,19). The highest BCUT2D eigenvalue weighted by Crippen LogP contribution is 2.05. The van der Waals surface area contributed by atoms with Crippen molar-refractivity contribution in [1.29, 1.82) is 0 Å². The summed E-state index contributed by atoms with van der Waals surface area (Å²) in [6.07, 6.45) is 1.90. The molecule has 4 nitrogen and oxygen atoms in total. The Morgan fingerprint density at radius 3 is 2.65 bits per heavy atom. The molecule has 4 heteroatoms. The highest BCUT2D eigenvalue weighted by molar-refractivity contribution is 5.94. The minimum atomic E-state index is -0.0844. The summed E-state index contributed by atoms with van der Waals surface area (Å²) < 4.78 is 5.11. The average Bonchev–Trinajstić information content (AvgIpc) is 2.46. The van der Waals surface area contributed by atoms with E-state index in [-0.39, 0.29) is 11.9 Å². The van der Waals surface area contributed by atoms with Gasteiger partial charge in [-0.1, -0.05) is 25.2 Å². The van der Waals surface area contributed by atoms with Crippen LogP contribution in [0, 0.1) is 11.8 Å². The number of amides is 1. The van der Waals surface area contributed by atoms with Crippen molar-refractivity contribution in [2.45, 2.75) is 25.8 Å². The Bertz CT molecular complexity index is 465. The topological polar surface area (TPSA) is 64.3 Å². The van der Waals surface area contributed by atoms with E-state index in [9.17, 15) is 4.79 Å². The SMILES string of the molecule is CCCC(COC)NC(=O)c1ccc(C#CCN)cc1. The van der Waals surface area contributed by atoms with Gasteiger partial charge in [0.1, 0.15) is 0 Å². The van der Waals surface area contributed by atoms with Crippen molar-refractivity contribution in [2.24, 2.45) is 5.73 Å². The highest BCUT2D eigenvalue weighted by atomic mass is 16.5. The zero-order chi connectivity index (χ0) is 14.8. The maximum Gasteiger partial charge on any atom is 0.251 e. The predicted octanol–water partition coefficient (Wildman–Crippen LogP) is 1.54. The first-order valence-electron chi connectivity index (χ1n) is 6.80.